The zero-order valence-corrected chi connectivity index (χ0v) is 14.5. The molecule has 0 heteroatoms. The van der Waals surface area contributed by atoms with Crippen molar-refractivity contribution < 1.29 is 0 Å². The molecule has 0 aromatic heterocycles. The van der Waals surface area contributed by atoms with E-state index in [0.717, 1.165) is 18.4 Å². The maximum atomic E-state index is 4.27. The van der Waals surface area contributed by atoms with Gasteiger partial charge < -0.3 is 0 Å². The quantitative estimate of drug-likeness (QED) is 0.525. The van der Waals surface area contributed by atoms with Crippen LogP contribution in [-0.2, 0) is 12.8 Å². The van der Waals surface area contributed by atoms with Gasteiger partial charge in [-0.3, -0.25) is 0 Å². The molecule has 0 bridgehead atoms. The highest BCUT2D eigenvalue weighted by Crippen LogP contribution is 2.23. The summed E-state index contributed by atoms with van der Waals surface area (Å²) in [5.41, 5.74) is 8.93. The number of benzene rings is 3. The number of hydrogen-bond acceptors (Lipinski definition) is 0. The third-order valence-corrected chi connectivity index (χ3v) is 4.60. The highest BCUT2D eigenvalue weighted by atomic mass is 14.1. The van der Waals surface area contributed by atoms with Crippen molar-refractivity contribution in [3.8, 4) is 0 Å². The van der Waals surface area contributed by atoms with Gasteiger partial charge in [-0.05, 0) is 53.2 Å². The minimum Gasteiger partial charge on any atom is -0.0906 e. The summed E-state index contributed by atoms with van der Waals surface area (Å²) in [6, 6.07) is 26.1. The van der Waals surface area contributed by atoms with Crippen LogP contribution in [0.25, 0.3) is 5.57 Å². The molecule has 0 aliphatic heterocycles. The van der Waals surface area contributed by atoms with Crippen LogP contribution >= 0.6 is 0 Å². The maximum absolute atomic E-state index is 4.27. The van der Waals surface area contributed by atoms with E-state index in [-0.39, 0.29) is 0 Å². The van der Waals surface area contributed by atoms with E-state index >= 15 is 0 Å². The Morgan fingerprint density at radius 1 is 0.750 bits per heavy atom. The molecule has 24 heavy (non-hydrogen) atoms. The van der Waals surface area contributed by atoms with Gasteiger partial charge in [0.15, 0.2) is 0 Å². The molecular formula is C24H24. The lowest BCUT2D eigenvalue weighted by atomic mass is 9.95. The molecule has 0 atom stereocenters. The molecule has 0 saturated heterocycles. The molecule has 0 nitrogen and oxygen atoms in total. The van der Waals surface area contributed by atoms with Gasteiger partial charge in [0, 0.05) is 0 Å². The second-order valence-electron chi connectivity index (χ2n) is 6.34. The summed E-state index contributed by atoms with van der Waals surface area (Å²) >= 11 is 0. The van der Waals surface area contributed by atoms with Crippen molar-refractivity contribution in [2.24, 2.45) is 0 Å². The first-order chi connectivity index (χ1) is 11.7. The molecular weight excluding hydrogens is 288 g/mol. The molecule has 0 heterocycles. The van der Waals surface area contributed by atoms with Crippen molar-refractivity contribution in [2.45, 2.75) is 26.7 Å². The highest BCUT2D eigenvalue weighted by molar-refractivity contribution is 5.78. The Labute approximate surface area is 145 Å². The summed E-state index contributed by atoms with van der Waals surface area (Å²) in [5.74, 6) is 0. The average molecular weight is 312 g/mol. The van der Waals surface area contributed by atoms with Gasteiger partial charge in [0.2, 0.25) is 0 Å². The van der Waals surface area contributed by atoms with E-state index in [1.165, 1.54) is 33.4 Å². The fourth-order valence-corrected chi connectivity index (χ4v) is 3.04. The Balaban J connectivity index is 1.78. The van der Waals surface area contributed by atoms with E-state index in [2.05, 4.69) is 93.2 Å². The van der Waals surface area contributed by atoms with E-state index in [4.69, 9.17) is 0 Å². The van der Waals surface area contributed by atoms with Crippen molar-refractivity contribution in [3.63, 3.8) is 0 Å². The first kappa shape index (κ1) is 16.3. The molecule has 3 rings (SSSR count). The van der Waals surface area contributed by atoms with Crippen molar-refractivity contribution in [1.29, 1.82) is 0 Å². The van der Waals surface area contributed by atoms with Crippen molar-refractivity contribution in [2.75, 3.05) is 0 Å². The van der Waals surface area contributed by atoms with Crippen LogP contribution in [0, 0.1) is 6.92 Å². The van der Waals surface area contributed by atoms with Crippen LogP contribution < -0.4 is 0 Å². The molecule has 0 N–H and O–H groups in total. The molecule has 120 valence electrons. The molecule has 0 unspecified atom stereocenters. The molecule has 3 aromatic carbocycles. The Morgan fingerprint density at radius 3 is 1.88 bits per heavy atom. The molecule has 3 aromatic rings. The van der Waals surface area contributed by atoms with Gasteiger partial charge in [0.1, 0.15) is 0 Å². The SMILES string of the molecule is C=C(c1ccc(C)cc1)c1ccc(Cc2ccccc2CC)cc1. The lowest BCUT2D eigenvalue weighted by molar-refractivity contribution is 1.06. The number of hydrogen-bond donors (Lipinski definition) is 0. The van der Waals surface area contributed by atoms with Crippen LogP contribution in [0.4, 0.5) is 0 Å². The van der Waals surface area contributed by atoms with Crippen molar-refractivity contribution in [3.05, 3.63) is 113 Å². The molecule has 0 spiro atoms. The van der Waals surface area contributed by atoms with Crippen LogP contribution in [0.1, 0.15) is 40.3 Å². The first-order valence-electron chi connectivity index (χ1n) is 8.59. The van der Waals surface area contributed by atoms with Gasteiger partial charge >= 0.3 is 0 Å². The Hall–Kier alpha value is -2.60. The van der Waals surface area contributed by atoms with E-state index in [9.17, 15) is 0 Å². The van der Waals surface area contributed by atoms with Gasteiger partial charge in [-0.15, -0.1) is 0 Å². The fraction of sp³-hybridized carbons (Fsp3) is 0.167. The number of rotatable bonds is 5. The molecule has 0 fully saturated rings. The third-order valence-electron chi connectivity index (χ3n) is 4.60. The Bertz CT molecular complexity index is 821. The predicted octanol–water partition coefficient (Wildman–Crippen LogP) is 6.21. The Morgan fingerprint density at radius 2 is 1.29 bits per heavy atom. The normalized spacial score (nSPS) is 10.6. The van der Waals surface area contributed by atoms with Crippen LogP contribution in [0.2, 0.25) is 0 Å². The van der Waals surface area contributed by atoms with Crippen LogP contribution in [0.15, 0.2) is 79.4 Å². The standard InChI is InChI=1S/C24H24/c1-4-21-7-5-6-8-24(21)17-20-11-15-23(16-12-20)19(3)22-13-9-18(2)10-14-22/h5-16H,3-4,17H2,1-2H3. The van der Waals surface area contributed by atoms with E-state index < -0.39 is 0 Å². The molecule has 0 amide bonds. The van der Waals surface area contributed by atoms with Gasteiger partial charge in [0.25, 0.3) is 0 Å². The smallest absolute Gasteiger partial charge is 0.00230 e. The monoisotopic (exact) mass is 312 g/mol. The summed E-state index contributed by atoms with van der Waals surface area (Å²) in [7, 11) is 0. The van der Waals surface area contributed by atoms with E-state index in [0.29, 0.717) is 0 Å². The minimum atomic E-state index is 0.987. The summed E-state index contributed by atoms with van der Waals surface area (Å²) in [6.07, 6.45) is 2.07. The lowest BCUT2D eigenvalue weighted by Crippen LogP contribution is -1.95. The highest BCUT2D eigenvalue weighted by Gasteiger charge is 2.05. The maximum Gasteiger partial charge on any atom is -0.00230 e. The molecule has 0 radical (unpaired) electrons. The van der Waals surface area contributed by atoms with Crippen LogP contribution in [-0.4, -0.2) is 0 Å². The zero-order valence-electron chi connectivity index (χ0n) is 14.5. The van der Waals surface area contributed by atoms with Crippen LogP contribution in [0.5, 0.6) is 0 Å². The fourth-order valence-electron chi connectivity index (χ4n) is 3.04. The van der Waals surface area contributed by atoms with Gasteiger partial charge in [-0.1, -0.05) is 91.9 Å². The lowest BCUT2D eigenvalue weighted by Gasteiger charge is -2.10. The van der Waals surface area contributed by atoms with Gasteiger partial charge in [-0.25, -0.2) is 0 Å². The second kappa shape index (κ2) is 7.31. The molecule has 0 saturated carbocycles. The van der Waals surface area contributed by atoms with Gasteiger partial charge in [0.05, 0.1) is 0 Å². The molecule has 0 aliphatic rings. The van der Waals surface area contributed by atoms with Crippen molar-refractivity contribution >= 4 is 5.57 Å². The summed E-state index contributed by atoms with van der Waals surface area (Å²) in [4.78, 5) is 0. The Kier molecular flexibility index (Phi) is 4.96. The van der Waals surface area contributed by atoms with Crippen LogP contribution in [0.3, 0.4) is 0 Å². The average Bonchev–Trinajstić information content (AvgIpc) is 2.63. The van der Waals surface area contributed by atoms with E-state index in [1.54, 1.807) is 0 Å². The topological polar surface area (TPSA) is 0 Å². The van der Waals surface area contributed by atoms with E-state index in [1.807, 2.05) is 0 Å². The number of aryl methyl sites for hydroxylation is 2. The van der Waals surface area contributed by atoms with Crippen molar-refractivity contribution in [1.82, 2.24) is 0 Å². The van der Waals surface area contributed by atoms with Gasteiger partial charge in [-0.2, -0.15) is 0 Å². The minimum absolute atomic E-state index is 0.987. The zero-order chi connectivity index (χ0) is 16.9. The predicted molar refractivity (Wildman–Crippen MR) is 104 cm³/mol. The first-order valence-corrected chi connectivity index (χ1v) is 8.59. The second-order valence-corrected chi connectivity index (χ2v) is 6.34. The third kappa shape index (κ3) is 3.65. The largest absolute Gasteiger partial charge is 0.0906 e. The summed E-state index contributed by atoms with van der Waals surface area (Å²) < 4.78 is 0. The molecule has 0 aliphatic carbocycles. The summed E-state index contributed by atoms with van der Waals surface area (Å²) in [6.45, 7) is 8.59. The summed E-state index contributed by atoms with van der Waals surface area (Å²) in [5, 5.41) is 0.